The van der Waals surface area contributed by atoms with Gasteiger partial charge in [-0.05, 0) is 43.5 Å². The van der Waals surface area contributed by atoms with Crippen molar-refractivity contribution in [3.05, 3.63) is 58.4 Å². The Morgan fingerprint density at radius 3 is 2.62 bits per heavy atom. The van der Waals surface area contributed by atoms with E-state index >= 15 is 0 Å². The second-order valence-electron chi connectivity index (χ2n) is 5.94. The van der Waals surface area contributed by atoms with E-state index in [0.717, 1.165) is 31.4 Å². The molecule has 0 aliphatic heterocycles. The molecule has 0 saturated carbocycles. The van der Waals surface area contributed by atoms with Gasteiger partial charge in [0.1, 0.15) is 12.4 Å². The summed E-state index contributed by atoms with van der Waals surface area (Å²) >= 11 is 6.35. The minimum absolute atomic E-state index is 0.0990. The van der Waals surface area contributed by atoms with Gasteiger partial charge in [0.2, 0.25) is 0 Å². The summed E-state index contributed by atoms with van der Waals surface area (Å²) < 4.78 is 24.8. The number of hydrogen-bond acceptors (Lipinski definition) is 4. The number of methoxy groups -OCH3 is 1. The van der Waals surface area contributed by atoms with Crippen LogP contribution in [0.3, 0.4) is 0 Å². The quantitative estimate of drug-likeness (QED) is 0.569. The lowest BCUT2D eigenvalue weighted by Gasteiger charge is -2.14. The van der Waals surface area contributed by atoms with Gasteiger partial charge < -0.3 is 19.9 Å². The van der Waals surface area contributed by atoms with Gasteiger partial charge in [0.15, 0.2) is 11.5 Å². The van der Waals surface area contributed by atoms with Crippen molar-refractivity contribution in [3.63, 3.8) is 0 Å². The topological polar surface area (TPSA) is 50.7 Å². The van der Waals surface area contributed by atoms with Gasteiger partial charge in [0.05, 0.1) is 7.11 Å². The fourth-order valence-electron chi connectivity index (χ4n) is 2.52. The van der Waals surface area contributed by atoms with E-state index in [1.807, 2.05) is 6.07 Å². The highest BCUT2D eigenvalue weighted by Crippen LogP contribution is 2.34. The smallest absolute Gasteiger partial charge is 0.163 e. The molecule has 6 heteroatoms. The monoisotopic (exact) mass is 381 g/mol. The van der Waals surface area contributed by atoms with E-state index in [4.69, 9.17) is 26.2 Å². The van der Waals surface area contributed by atoms with Gasteiger partial charge in [-0.2, -0.15) is 0 Å². The number of rotatable bonds is 11. The number of benzene rings is 2. The summed E-state index contributed by atoms with van der Waals surface area (Å²) in [4.78, 5) is 0. The average Bonchev–Trinajstić information content (AvgIpc) is 2.65. The normalized spacial score (nSPS) is 10.8. The van der Waals surface area contributed by atoms with Crippen molar-refractivity contribution in [2.45, 2.75) is 32.4 Å². The molecule has 0 atom stereocenters. The predicted molar refractivity (Wildman–Crippen MR) is 101 cm³/mol. The summed E-state index contributed by atoms with van der Waals surface area (Å²) in [5, 5.41) is 12.7. The molecular weight excluding hydrogens is 357 g/mol. The van der Waals surface area contributed by atoms with Crippen LogP contribution in [0.15, 0.2) is 36.4 Å². The molecule has 26 heavy (non-hydrogen) atoms. The molecule has 2 rings (SSSR count). The number of aliphatic hydroxyl groups is 1. The number of nitrogens with one attached hydrogen (secondary N) is 1. The van der Waals surface area contributed by atoms with E-state index in [1.165, 1.54) is 6.07 Å². The zero-order chi connectivity index (χ0) is 18.8. The van der Waals surface area contributed by atoms with Crippen molar-refractivity contribution >= 4 is 11.6 Å². The van der Waals surface area contributed by atoms with Crippen molar-refractivity contribution in [2.75, 3.05) is 20.3 Å². The van der Waals surface area contributed by atoms with Crippen molar-refractivity contribution < 1.29 is 19.0 Å². The van der Waals surface area contributed by atoms with Gasteiger partial charge in [-0.25, -0.2) is 4.39 Å². The zero-order valence-electron chi connectivity index (χ0n) is 14.9. The lowest BCUT2D eigenvalue weighted by atomic mass is 10.2. The highest BCUT2D eigenvalue weighted by molar-refractivity contribution is 6.31. The van der Waals surface area contributed by atoms with Crippen molar-refractivity contribution in [1.82, 2.24) is 5.32 Å². The van der Waals surface area contributed by atoms with Crippen LogP contribution in [-0.2, 0) is 13.2 Å². The number of unbranched alkanes of at least 4 members (excludes halogenated alkanes) is 2. The largest absolute Gasteiger partial charge is 0.493 e. The van der Waals surface area contributed by atoms with Gasteiger partial charge in [0, 0.05) is 29.8 Å². The standard InChI is InChI=1S/C20H25ClFNO3/c1-25-19-11-16(13-23-9-5-2-6-10-24)17(21)12-20(19)26-14-15-7-3-4-8-18(15)22/h3-4,7-8,11-12,23-24H,2,5-6,9-10,13-14H2,1H3. The van der Waals surface area contributed by atoms with Crippen LogP contribution in [0.2, 0.25) is 5.02 Å². The molecule has 2 aromatic carbocycles. The summed E-state index contributed by atoms with van der Waals surface area (Å²) in [6.45, 7) is 1.80. The Morgan fingerprint density at radius 1 is 1.08 bits per heavy atom. The molecule has 0 amide bonds. The van der Waals surface area contributed by atoms with E-state index in [1.54, 1.807) is 31.4 Å². The fraction of sp³-hybridized carbons (Fsp3) is 0.400. The molecule has 2 N–H and O–H groups in total. The maximum absolute atomic E-state index is 13.7. The summed E-state index contributed by atoms with van der Waals surface area (Å²) in [5.74, 6) is 0.731. The average molecular weight is 382 g/mol. The molecule has 0 aromatic heterocycles. The Labute approximate surface area is 158 Å². The molecule has 0 radical (unpaired) electrons. The zero-order valence-corrected chi connectivity index (χ0v) is 15.7. The maximum Gasteiger partial charge on any atom is 0.163 e. The third-order valence-corrected chi connectivity index (χ3v) is 4.35. The van der Waals surface area contributed by atoms with Crippen molar-refractivity contribution in [3.8, 4) is 11.5 Å². The van der Waals surface area contributed by atoms with Crippen LogP contribution in [0, 0.1) is 5.82 Å². The van der Waals surface area contributed by atoms with Crippen LogP contribution in [0.4, 0.5) is 4.39 Å². The molecule has 0 unspecified atom stereocenters. The Morgan fingerprint density at radius 2 is 1.88 bits per heavy atom. The van der Waals surface area contributed by atoms with Crippen molar-refractivity contribution in [2.24, 2.45) is 0 Å². The third kappa shape index (κ3) is 6.16. The van der Waals surface area contributed by atoms with E-state index in [9.17, 15) is 4.39 Å². The van der Waals surface area contributed by atoms with Crippen LogP contribution in [0.5, 0.6) is 11.5 Å². The number of hydrogen-bond donors (Lipinski definition) is 2. The molecule has 0 heterocycles. The Balaban J connectivity index is 1.96. The number of aliphatic hydroxyl groups excluding tert-OH is 1. The Kier molecular flexibility index (Phi) is 8.68. The second kappa shape index (κ2) is 11.0. The molecule has 0 aliphatic rings. The second-order valence-corrected chi connectivity index (χ2v) is 6.34. The first-order chi connectivity index (χ1) is 12.7. The molecule has 0 saturated heterocycles. The van der Waals surface area contributed by atoms with Crippen LogP contribution < -0.4 is 14.8 Å². The Hall–Kier alpha value is -1.82. The van der Waals surface area contributed by atoms with Gasteiger partial charge in [-0.3, -0.25) is 0 Å². The highest BCUT2D eigenvalue weighted by Gasteiger charge is 2.12. The maximum atomic E-state index is 13.7. The molecule has 0 bridgehead atoms. The van der Waals surface area contributed by atoms with E-state index in [-0.39, 0.29) is 19.0 Å². The molecular formula is C20H25ClFNO3. The van der Waals surface area contributed by atoms with Gasteiger partial charge in [-0.1, -0.05) is 29.8 Å². The first-order valence-corrected chi connectivity index (χ1v) is 9.07. The van der Waals surface area contributed by atoms with E-state index < -0.39 is 0 Å². The molecule has 0 spiro atoms. The molecule has 4 nitrogen and oxygen atoms in total. The lowest BCUT2D eigenvalue weighted by molar-refractivity contribution is 0.279. The lowest BCUT2D eigenvalue weighted by Crippen LogP contribution is -2.15. The minimum atomic E-state index is -0.306. The molecule has 142 valence electrons. The minimum Gasteiger partial charge on any atom is -0.493 e. The van der Waals surface area contributed by atoms with Gasteiger partial charge >= 0.3 is 0 Å². The van der Waals surface area contributed by atoms with Crippen LogP contribution in [0.25, 0.3) is 0 Å². The third-order valence-electron chi connectivity index (χ3n) is 4.00. The van der Waals surface area contributed by atoms with E-state index in [0.29, 0.717) is 28.6 Å². The Bertz CT molecular complexity index is 697. The molecule has 0 fully saturated rings. The van der Waals surface area contributed by atoms with Gasteiger partial charge in [0.25, 0.3) is 0 Å². The SMILES string of the molecule is COc1cc(CNCCCCCO)c(Cl)cc1OCc1ccccc1F. The number of ether oxygens (including phenoxy) is 2. The van der Waals surface area contributed by atoms with Gasteiger partial charge in [-0.15, -0.1) is 0 Å². The summed E-state index contributed by atoms with van der Waals surface area (Å²) in [6.07, 6.45) is 2.81. The summed E-state index contributed by atoms with van der Waals surface area (Å²) in [7, 11) is 1.56. The van der Waals surface area contributed by atoms with E-state index in [2.05, 4.69) is 5.32 Å². The van der Waals surface area contributed by atoms with Crippen LogP contribution in [0.1, 0.15) is 30.4 Å². The van der Waals surface area contributed by atoms with Crippen molar-refractivity contribution in [1.29, 1.82) is 0 Å². The predicted octanol–water partition coefficient (Wildman–Crippen LogP) is 4.32. The highest BCUT2D eigenvalue weighted by atomic mass is 35.5. The summed E-state index contributed by atoms with van der Waals surface area (Å²) in [6, 6.07) is 10.0. The molecule has 2 aromatic rings. The molecule has 0 aliphatic carbocycles. The number of halogens is 2. The van der Waals surface area contributed by atoms with Crippen LogP contribution >= 0.6 is 11.6 Å². The fourth-order valence-corrected chi connectivity index (χ4v) is 2.74. The van der Waals surface area contributed by atoms with Crippen LogP contribution in [-0.4, -0.2) is 25.4 Å². The first kappa shape index (κ1) is 20.5. The summed E-state index contributed by atoms with van der Waals surface area (Å²) in [5.41, 5.74) is 1.38. The first-order valence-electron chi connectivity index (χ1n) is 8.70.